The zero-order valence-corrected chi connectivity index (χ0v) is 21.1. The maximum atomic E-state index is 9.32. The molecule has 0 spiro atoms. The fourth-order valence-electron chi connectivity index (χ4n) is 5.38. The van der Waals surface area contributed by atoms with Crippen molar-refractivity contribution in [2.75, 3.05) is 0 Å². The largest absolute Gasteiger partial charge is 0.309 e. The summed E-state index contributed by atoms with van der Waals surface area (Å²) in [5.41, 5.74) is 10.5. The van der Waals surface area contributed by atoms with E-state index < -0.39 is 0 Å². The number of pyridine rings is 1. The predicted octanol–water partition coefficient (Wildman–Crippen LogP) is 9.05. The van der Waals surface area contributed by atoms with Crippen molar-refractivity contribution in [1.82, 2.24) is 9.55 Å². The van der Waals surface area contributed by atoms with Crippen LogP contribution in [0.5, 0.6) is 0 Å². The molecule has 3 heteroatoms. The normalized spacial score (nSPS) is 11.1. The van der Waals surface area contributed by atoms with E-state index in [4.69, 9.17) is 0 Å². The number of nitrogens with zero attached hydrogens (tertiary/aromatic N) is 3. The first-order valence-corrected chi connectivity index (χ1v) is 12.9. The maximum absolute atomic E-state index is 9.32. The van der Waals surface area contributed by atoms with Crippen LogP contribution in [0.4, 0.5) is 0 Å². The van der Waals surface area contributed by atoms with Crippen molar-refractivity contribution >= 4 is 21.8 Å². The number of aromatic nitrogens is 2. The highest BCUT2D eigenvalue weighted by Crippen LogP contribution is 2.37. The molecule has 0 N–H and O–H groups in total. The molecule has 0 saturated carbocycles. The molecule has 0 bridgehead atoms. The fourth-order valence-corrected chi connectivity index (χ4v) is 5.38. The Morgan fingerprint density at radius 3 is 1.79 bits per heavy atom. The minimum atomic E-state index is 0.606. The second-order valence-corrected chi connectivity index (χ2v) is 9.62. The zero-order chi connectivity index (χ0) is 26.2. The van der Waals surface area contributed by atoms with Gasteiger partial charge in [-0.2, -0.15) is 5.26 Å². The predicted molar refractivity (Wildman–Crippen MR) is 160 cm³/mol. The Morgan fingerprint density at radius 2 is 1.10 bits per heavy atom. The van der Waals surface area contributed by atoms with Gasteiger partial charge in [-0.25, -0.2) is 0 Å². The molecule has 0 aliphatic heterocycles. The molecular weight excluding hydrogens is 474 g/mol. The molecule has 0 fully saturated rings. The highest BCUT2D eigenvalue weighted by Gasteiger charge is 2.15. The van der Waals surface area contributed by atoms with E-state index in [1.807, 2.05) is 12.1 Å². The molecule has 7 aromatic rings. The van der Waals surface area contributed by atoms with Crippen molar-refractivity contribution in [3.63, 3.8) is 0 Å². The fraction of sp³-hybridized carbons (Fsp3) is 0. The Labute approximate surface area is 226 Å². The van der Waals surface area contributed by atoms with Gasteiger partial charge in [0, 0.05) is 28.2 Å². The number of hydrogen-bond donors (Lipinski definition) is 0. The lowest BCUT2D eigenvalue weighted by molar-refractivity contribution is 1.18. The Balaban J connectivity index is 1.43. The van der Waals surface area contributed by atoms with Crippen molar-refractivity contribution in [3.05, 3.63) is 145 Å². The Morgan fingerprint density at radius 1 is 0.513 bits per heavy atom. The molecule has 2 heterocycles. The van der Waals surface area contributed by atoms with Crippen LogP contribution in [0, 0.1) is 11.3 Å². The molecule has 0 unspecified atom stereocenters. The molecule has 5 aromatic carbocycles. The highest BCUT2D eigenvalue weighted by molar-refractivity contribution is 6.11. The molecule has 182 valence electrons. The van der Waals surface area contributed by atoms with Gasteiger partial charge in [0.2, 0.25) is 0 Å². The molecule has 0 aliphatic carbocycles. The van der Waals surface area contributed by atoms with E-state index in [1.165, 1.54) is 27.4 Å². The van der Waals surface area contributed by atoms with Crippen LogP contribution in [-0.2, 0) is 0 Å². The van der Waals surface area contributed by atoms with Gasteiger partial charge in [-0.1, -0.05) is 91.0 Å². The molecular formula is C36H23N3. The van der Waals surface area contributed by atoms with Crippen molar-refractivity contribution in [2.24, 2.45) is 0 Å². The van der Waals surface area contributed by atoms with Crippen LogP contribution in [0.2, 0.25) is 0 Å². The average Bonchev–Trinajstić information content (AvgIpc) is 3.35. The van der Waals surface area contributed by atoms with E-state index in [0.717, 1.165) is 33.6 Å². The molecule has 0 aliphatic rings. The van der Waals surface area contributed by atoms with E-state index in [-0.39, 0.29) is 0 Å². The summed E-state index contributed by atoms with van der Waals surface area (Å²) in [5.74, 6) is 0. The lowest BCUT2D eigenvalue weighted by atomic mass is 9.99. The van der Waals surface area contributed by atoms with Gasteiger partial charge in [0.15, 0.2) is 0 Å². The topological polar surface area (TPSA) is 41.6 Å². The first-order valence-electron chi connectivity index (χ1n) is 12.9. The minimum absolute atomic E-state index is 0.606. The van der Waals surface area contributed by atoms with Gasteiger partial charge in [-0.3, -0.25) is 4.98 Å². The van der Waals surface area contributed by atoms with Crippen LogP contribution in [-0.4, -0.2) is 9.55 Å². The van der Waals surface area contributed by atoms with Crippen molar-refractivity contribution in [3.8, 4) is 45.3 Å². The first kappa shape index (κ1) is 22.7. The van der Waals surface area contributed by atoms with Crippen molar-refractivity contribution in [1.29, 1.82) is 5.26 Å². The van der Waals surface area contributed by atoms with Gasteiger partial charge in [0.1, 0.15) is 0 Å². The number of nitriles is 1. The second kappa shape index (κ2) is 9.45. The number of benzene rings is 5. The van der Waals surface area contributed by atoms with E-state index in [2.05, 4.69) is 131 Å². The van der Waals surface area contributed by atoms with E-state index in [0.29, 0.717) is 5.56 Å². The van der Waals surface area contributed by atoms with Crippen LogP contribution < -0.4 is 0 Å². The van der Waals surface area contributed by atoms with E-state index in [1.54, 1.807) is 12.3 Å². The summed E-state index contributed by atoms with van der Waals surface area (Å²) in [7, 11) is 0. The van der Waals surface area contributed by atoms with Crippen LogP contribution in [0.1, 0.15) is 5.56 Å². The van der Waals surface area contributed by atoms with Crippen molar-refractivity contribution in [2.45, 2.75) is 0 Å². The quantitative estimate of drug-likeness (QED) is 0.243. The zero-order valence-electron chi connectivity index (χ0n) is 21.1. The smallest absolute Gasteiger partial charge is 0.0992 e. The highest BCUT2D eigenvalue weighted by atomic mass is 15.0. The van der Waals surface area contributed by atoms with E-state index in [9.17, 15) is 5.26 Å². The summed E-state index contributed by atoms with van der Waals surface area (Å²) in [6.07, 6.45) is 1.69. The van der Waals surface area contributed by atoms with Gasteiger partial charge in [0.05, 0.1) is 28.4 Å². The minimum Gasteiger partial charge on any atom is -0.309 e. The second-order valence-electron chi connectivity index (χ2n) is 9.62. The Bertz CT molecular complexity index is 2010. The Hall–Kier alpha value is -5.46. The molecule has 3 nitrogen and oxygen atoms in total. The third kappa shape index (κ3) is 4.05. The number of para-hydroxylation sites is 1. The third-order valence-electron chi connectivity index (χ3n) is 7.27. The van der Waals surface area contributed by atoms with Gasteiger partial charge in [0.25, 0.3) is 0 Å². The average molecular weight is 498 g/mol. The lowest BCUT2D eigenvalue weighted by Gasteiger charge is -2.10. The van der Waals surface area contributed by atoms with Gasteiger partial charge < -0.3 is 4.57 Å². The third-order valence-corrected chi connectivity index (χ3v) is 7.27. The van der Waals surface area contributed by atoms with Crippen LogP contribution in [0.25, 0.3) is 61.0 Å². The molecule has 2 aromatic heterocycles. The first-order chi connectivity index (χ1) is 19.3. The SMILES string of the molecule is N#Cc1ccnc(-c2cccc(-c3ccc4c5ccc(-c6ccccc6)cc5n(-c5ccccc5)c4c3)c2)c1. The molecule has 0 radical (unpaired) electrons. The van der Waals surface area contributed by atoms with Gasteiger partial charge in [-0.05, 0) is 64.7 Å². The summed E-state index contributed by atoms with van der Waals surface area (Å²) < 4.78 is 2.36. The number of rotatable bonds is 4. The summed E-state index contributed by atoms with van der Waals surface area (Å²) in [5, 5.41) is 11.8. The summed E-state index contributed by atoms with van der Waals surface area (Å²) in [6, 6.07) is 48.7. The van der Waals surface area contributed by atoms with Crippen LogP contribution in [0.3, 0.4) is 0 Å². The summed E-state index contributed by atoms with van der Waals surface area (Å²) in [6.45, 7) is 0. The maximum Gasteiger partial charge on any atom is 0.0992 e. The van der Waals surface area contributed by atoms with Crippen LogP contribution >= 0.6 is 0 Å². The van der Waals surface area contributed by atoms with E-state index >= 15 is 0 Å². The molecule has 7 rings (SSSR count). The molecule has 39 heavy (non-hydrogen) atoms. The summed E-state index contributed by atoms with van der Waals surface area (Å²) >= 11 is 0. The standard InChI is InChI=1S/C36H23N3/c37-24-25-18-19-38-34(20-25)30-11-7-10-27(21-30)29-15-17-33-32-16-14-28(26-8-3-1-4-9-26)22-35(32)39(36(33)23-29)31-12-5-2-6-13-31/h1-23H. The van der Waals surface area contributed by atoms with Gasteiger partial charge >= 0.3 is 0 Å². The van der Waals surface area contributed by atoms with Gasteiger partial charge in [-0.15, -0.1) is 0 Å². The Kier molecular flexibility index (Phi) is 5.50. The molecule has 0 saturated heterocycles. The summed E-state index contributed by atoms with van der Waals surface area (Å²) in [4.78, 5) is 4.50. The molecule has 0 atom stereocenters. The monoisotopic (exact) mass is 497 g/mol. The number of fused-ring (bicyclic) bond motifs is 3. The van der Waals surface area contributed by atoms with Crippen molar-refractivity contribution < 1.29 is 0 Å². The lowest BCUT2D eigenvalue weighted by Crippen LogP contribution is -1.94. The molecule has 0 amide bonds. The van der Waals surface area contributed by atoms with Crippen LogP contribution in [0.15, 0.2) is 140 Å². The number of hydrogen-bond acceptors (Lipinski definition) is 2.